The van der Waals surface area contributed by atoms with Gasteiger partial charge in [0.2, 0.25) is 11.7 Å². The van der Waals surface area contributed by atoms with Gasteiger partial charge in [-0.05, 0) is 11.1 Å². The van der Waals surface area contributed by atoms with E-state index >= 15 is 0 Å². The summed E-state index contributed by atoms with van der Waals surface area (Å²) in [4.78, 5) is 31.4. The van der Waals surface area contributed by atoms with Crippen LogP contribution in [0.25, 0.3) is 0 Å². The molecule has 1 heterocycles. The van der Waals surface area contributed by atoms with Gasteiger partial charge in [-0.2, -0.15) is 0 Å². The van der Waals surface area contributed by atoms with E-state index in [1.54, 1.807) is 11.9 Å². The zero-order chi connectivity index (χ0) is 23.8. The third-order valence-corrected chi connectivity index (χ3v) is 5.82. The van der Waals surface area contributed by atoms with Crippen molar-refractivity contribution < 1.29 is 18.7 Å². The molecule has 172 valence electrons. The molecule has 9 heteroatoms. The van der Waals surface area contributed by atoms with Crippen molar-refractivity contribution in [2.45, 2.75) is 30.8 Å². The Bertz CT molecular complexity index is 1170. The van der Waals surface area contributed by atoms with Crippen LogP contribution in [0.1, 0.15) is 40.5 Å². The maximum atomic E-state index is 13.1. The van der Waals surface area contributed by atoms with Gasteiger partial charge in [0.15, 0.2) is 5.69 Å². The second kappa shape index (κ2) is 8.65. The molecule has 2 N–H and O–H groups in total. The first-order valence-electron chi connectivity index (χ1n) is 10.5. The van der Waals surface area contributed by atoms with Gasteiger partial charge in [-0.1, -0.05) is 60.7 Å². The number of anilines is 1. The van der Waals surface area contributed by atoms with Crippen LogP contribution < -0.4 is 15.8 Å². The molecule has 0 bridgehead atoms. The van der Waals surface area contributed by atoms with Gasteiger partial charge < -0.3 is 15.3 Å². The molecule has 1 amide bonds. The standard InChI is InChI=1S/C24H24F2N4O3/c1-29(19(15-9-5-3-6-10-15)16-11-7-4-8-12-16)23-28-18(20(31)22(33)30(23)2)21(32)27-17-13-24(25,26)14-17/h3-12,17,19,31H,13-14H2,1-2H3,(H,27,32). The predicted molar refractivity (Wildman–Crippen MR) is 120 cm³/mol. The number of nitrogens with zero attached hydrogens (tertiary/aromatic N) is 3. The molecule has 0 spiro atoms. The molecule has 0 unspecified atom stereocenters. The van der Waals surface area contributed by atoms with Crippen LogP contribution in [0.4, 0.5) is 14.7 Å². The Hall–Kier alpha value is -3.75. The summed E-state index contributed by atoms with van der Waals surface area (Å²) in [7, 11) is 3.18. The molecule has 0 saturated heterocycles. The van der Waals surface area contributed by atoms with Crippen molar-refractivity contribution in [2.24, 2.45) is 7.05 Å². The van der Waals surface area contributed by atoms with Crippen LogP contribution in [0.2, 0.25) is 0 Å². The zero-order valence-electron chi connectivity index (χ0n) is 18.2. The first kappa shape index (κ1) is 22.4. The number of nitrogens with one attached hydrogen (secondary N) is 1. The lowest BCUT2D eigenvalue weighted by molar-refractivity contribution is -0.0901. The van der Waals surface area contributed by atoms with Gasteiger partial charge in [-0.3, -0.25) is 14.2 Å². The minimum Gasteiger partial charge on any atom is -0.501 e. The third kappa shape index (κ3) is 4.44. The SMILES string of the molecule is CN(c1nc(C(=O)NC2CC(F)(F)C2)c(O)c(=O)n1C)C(c1ccccc1)c1ccccc1. The van der Waals surface area contributed by atoms with E-state index in [0.29, 0.717) is 0 Å². The molecule has 7 nitrogen and oxygen atoms in total. The first-order valence-corrected chi connectivity index (χ1v) is 10.5. The maximum absolute atomic E-state index is 13.1. The minimum atomic E-state index is -2.82. The van der Waals surface area contributed by atoms with Crippen molar-refractivity contribution >= 4 is 11.9 Å². The van der Waals surface area contributed by atoms with E-state index in [1.165, 1.54) is 7.05 Å². The number of carbonyl (C=O) groups excluding carboxylic acids is 1. The Labute approximate surface area is 189 Å². The molecule has 0 aliphatic heterocycles. The Balaban J connectivity index is 1.74. The Morgan fingerprint density at radius 1 is 1.12 bits per heavy atom. The van der Waals surface area contributed by atoms with Crippen molar-refractivity contribution in [2.75, 3.05) is 11.9 Å². The molecular formula is C24H24F2N4O3. The summed E-state index contributed by atoms with van der Waals surface area (Å²) in [5.41, 5.74) is 0.554. The van der Waals surface area contributed by atoms with Crippen molar-refractivity contribution in [3.8, 4) is 5.75 Å². The van der Waals surface area contributed by atoms with Crippen LogP contribution >= 0.6 is 0 Å². The highest BCUT2D eigenvalue weighted by atomic mass is 19.3. The molecule has 1 aliphatic carbocycles. The molecule has 2 aromatic carbocycles. The summed E-state index contributed by atoms with van der Waals surface area (Å²) in [6, 6.07) is 18.1. The van der Waals surface area contributed by atoms with Gasteiger partial charge in [0.05, 0.1) is 6.04 Å². The number of halogens is 2. The fourth-order valence-corrected chi connectivity index (χ4v) is 4.10. The van der Waals surface area contributed by atoms with E-state index in [2.05, 4.69) is 10.3 Å². The van der Waals surface area contributed by atoms with Crippen LogP contribution in [0.3, 0.4) is 0 Å². The van der Waals surface area contributed by atoms with Gasteiger partial charge in [-0.15, -0.1) is 0 Å². The first-order chi connectivity index (χ1) is 15.7. The highest BCUT2D eigenvalue weighted by molar-refractivity contribution is 5.95. The smallest absolute Gasteiger partial charge is 0.297 e. The van der Waals surface area contributed by atoms with E-state index in [1.807, 2.05) is 60.7 Å². The lowest BCUT2D eigenvalue weighted by Crippen LogP contribution is -2.50. The summed E-state index contributed by atoms with van der Waals surface area (Å²) < 4.78 is 27.4. The zero-order valence-corrected chi connectivity index (χ0v) is 18.2. The van der Waals surface area contributed by atoms with E-state index in [-0.39, 0.29) is 12.0 Å². The van der Waals surface area contributed by atoms with Crippen LogP contribution in [-0.4, -0.2) is 39.6 Å². The fraction of sp³-hybridized carbons (Fsp3) is 0.292. The van der Waals surface area contributed by atoms with Crippen LogP contribution in [0, 0.1) is 0 Å². The molecule has 1 fully saturated rings. The molecule has 3 aromatic rings. The van der Waals surface area contributed by atoms with E-state index in [0.717, 1.165) is 15.7 Å². The number of aromatic nitrogens is 2. The number of amides is 1. The molecule has 0 radical (unpaired) electrons. The van der Waals surface area contributed by atoms with Crippen molar-refractivity contribution in [3.63, 3.8) is 0 Å². The molecule has 33 heavy (non-hydrogen) atoms. The number of benzene rings is 2. The largest absolute Gasteiger partial charge is 0.501 e. The summed E-state index contributed by atoms with van der Waals surface area (Å²) in [5, 5.41) is 12.7. The molecule has 1 aliphatic rings. The lowest BCUT2D eigenvalue weighted by Gasteiger charge is -2.35. The summed E-state index contributed by atoms with van der Waals surface area (Å²) >= 11 is 0. The Kier molecular flexibility index (Phi) is 5.88. The number of alkyl halides is 2. The third-order valence-electron chi connectivity index (χ3n) is 5.82. The van der Waals surface area contributed by atoms with Gasteiger partial charge in [0, 0.05) is 33.0 Å². The average molecular weight is 454 g/mol. The monoisotopic (exact) mass is 454 g/mol. The fourth-order valence-electron chi connectivity index (χ4n) is 4.10. The second-order valence-corrected chi connectivity index (χ2v) is 8.24. The molecule has 4 rings (SSSR count). The van der Waals surface area contributed by atoms with E-state index < -0.39 is 47.7 Å². The van der Waals surface area contributed by atoms with E-state index in [4.69, 9.17) is 0 Å². The van der Waals surface area contributed by atoms with Crippen molar-refractivity contribution in [1.82, 2.24) is 14.9 Å². The highest BCUT2D eigenvalue weighted by Gasteiger charge is 2.46. The summed E-state index contributed by atoms with van der Waals surface area (Å²) in [6.07, 6.45) is -0.970. The van der Waals surface area contributed by atoms with Crippen LogP contribution in [-0.2, 0) is 7.05 Å². The maximum Gasteiger partial charge on any atom is 0.297 e. The molecule has 0 atom stereocenters. The quantitative estimate of drug-likeness (QED) is 0.597. The summed E-state index contributed by atoms with van der Waals surface area (Å²) in [5.74, 6) is -4.37. The topological polar surface area (TPSA) is 87.5 Å². The van der Waals surface area contributed by atoms with Crippen molar-refractivity contribution in [1.29, 1.82) is 0 Å². The normalized spacial score (nSPS) is 15.2. The van der Waals surface area contributed by atoms with Crippen LogP contribution in [0.5, 0.6) is 5.75 Å². The van der Waals surface area contributed by atoms with Gasteiger partial charge in [0.25, 0.3) is 17.4 Å². The lowest BCUT2D eigenvalue weighted by atomic mass is 9.88. The molecule has 1 aromatic heterocycles. The Morgan fingerprint density at radius 2 is 1.64 bits per heavy atom. The number of rotatable bonds is 6. The van der Waals surface area contributed by atoms with Gasteiger partial charge >= 0.3 is 0 Å². The van der Waals surface area contributed by atoms with Crippen molar-refractivity contribution in [3.05, 3.63) is 87.8 Å². The summed E-state index contributed by atoms with van der Waals surface area (Å²) in [6.45, 7) is 0. The second-order valence-electron chi connectivity index (χ2n) is 8.24. The number of hydrogen-bond donors (Lipinski definition) is 2. The highest BCUT2D eigenvalue weighted by Crippen LogP contribution is 2.37. The van der Waals surface area contributed by atoms with E-state index in [9.17, 15) is 23.5 Å². The predicted octanol–water partition coefficient (Wildman–Crippen LogP) is 3.24. The average Bonchev–Trinajstić information content (AvgIpc) is 2.78. The van der Waals surface area contributed by atoms with Crippen LogP contribution in [0.15, 0.2) is 65.5 Å². The number of aromatic hydroxyl groups is 1. The number of carbonyl (C=O) groups is 1. The Morgan fingerprint density at radius 3 is 2.12 bits per heavy atom. The van der Waals surface area contributed by atoms with Gasteiger partial charge in [0.1, 0.15) is 0 Å². The minimum absolute atomic E-state index is 0.139. The molecular weight excluding hydrogens is 430 g/mol. The molecule has 1 saturated carbocycles. The van der Waals surface area contributed by atoms with Gasteiger partial charge in [-0.25, -0.2) is 13.8 Å². The number of hydrogen-bond acceptors (Lipinski definition) is 5.